The molecule has 0 aromatic heterocycles. The Morgan fingerprint density at radius 3 is 2.08 bits per heavy atom. The van der Waals surface area contributed by atoms with Crippen LogP contribution in [0.15, 0.2) is 72.8 Å². The maximum Gasteiger partial charge on any atom is 0.261 e. The van der Waals surface area contributed by atoms with E-state index in [2.05, 4.69) is 79.9 Å². The largest absolute Gasteiger partial charge is 0.494 e. The highest BCUT2D eigenvalue weighted by Crippen LogP contribution is 2.41. The minimum absolute atomic E-state index is 0.0622. The van der Waals surface area contributed by atoms with Gasteiger partial charge in [-0.2, -0.15) is 0 Å². The van der Waals surface area contributed by atoms with E-state index >= 15 is 0 Å². The van der Waals surface area contributed by atoms with Crippen molar-refractivity contribution in [1.29, 1.82) is 0 Å². The van der Waals surface area contributed by atoms with Crippen molar-refractivity contribution in [3.8, 4) is 5.75 Å². The molecule has 0 unspecified atom stereocenters. The highest BCUT2D eigenvalue weighted by atomic mass is 28.4. The number of rotatable bonds is 7. The van der Waals surface area contributed by atoms with Gasteiger partial charge in [0, 0.05) is 12.5 Å². The molecule has 0 bridgehead atoms. The molecule has 1 aliphatic rings. The second-order valence-electron chi connectivity index (χ2n) is 10.2. The molecule has 0 radical (unpaired) electrons. The van der Waals surface area contributed by atoms with Gasteiger partial charge in [-0.25, -0.2) is 0 Å². The average molecular weight is 503 g/mol. The molecule has 1 heterocycles. The van der Waals surface area contributed by atoms with E-state index in [1.54, 1.807) is 13.2 Å². The molecule has 2 amide bonds. The van der Waals surface area contributed by atoms with Crippen molar-refractivity contribution in [3.05, 3.63) is 83.9 Å². The Kier molecular flexibility index (Phi) is 7.33. The number of anilines is 1. The van der Waals surface area contributed by atoms with Crippen LogP contribution in [0.4, 0.5) is 5.69 Å². The van der Waals surface area contributed by atoms with Gasteiger partial charge in [-0.3, -0.25) is 9.59 Å². The van der Waals surface area contributed by atoms with Gasteiger partial charge in [0.1, 0.15) is 5.75 Å². The van der Waals surface area contributed by atoms with Gasteiger partial charge in [0.15, 0.2) is 0 Å². The molecule has 3 aromatic carbocycles. The number of hydrogen-bond donors (Lipinski definition) is 2. The fourth-order valence-corrected chi connectivity index (χ4v) is 9.84. The zero-order chi connectivity index (χ0) is 25.9. The molecule has 36 heavy (non-hydrogen) atoms. The van der Waals surface area contributed by atoms with Crippen molar-refractivity contribution in [2.45, 2.75) is 45.2 Å². The van der Waals surface area contributed by atoms with Gasteiger partial charge in [0.05, 0.1) is 31.9 Å². The van der Waals surface area contributed by atoms with Gasteiger partial charge in [-0.15, -0.1) is 0 Å². The van der Waals surface area contributed by atoms with Crippen molar-refractivity contribution < 1.29 is 18.8 Å². The lowest BCUT2D eigenvalue weighted by atomic mass is 9.92. The Bertz CT molecular complexity index is 1200. The number of nitrogens with one attached hydrogen (secondary N) is 2. The van der Waals surface area contributed by atoms with Crippen molar-refractivity contribution in [2.75, 3.05) is 19.0 Å². The summed E-state index contributed by atoms with van der Waals surface area (Å²) in [7, 11) is -1.23. The van der Waals surface area contributed by atoms with E-state index in [1.807, 2.05) is 18.2 Å². The van der Waals surface area contributed by atoms with E-state index in [1.165, 1.54) is 17.3 Å². The zero-order valence-electron chi connectivity index (χ0n) is 21.6. The third kappa shape index (κ3) is 4.81. The number of carbonyl (C=O) groups excluding carboxylic acids is 2. The summed E-state index contributed by atoms with van der Waals surface area (Å²) in [5, 5.41) is 8.11. The third-order valence-electron chi connectivity index (χ3n) is 6.72. The molecule has 188 valence electrons. The van der Waals surface area contributed by atoms with Gasteiger partial charge >= 0.3 is 0 Å². The lowest BCUT2D eigenvalue weighted by Crippen LogP contribution is -2.67. The highest BCUT2D eigenvalue weighted by molar-refractivity contribution is 6.99. The van der Waals surface area contributed by atoms with E-state index in [9.17, 15) is 9.59 Å². The van der Waals surface area contributed by atoms with E-state index in [0.717, 1.165) is 11.1 Å². The third-order valence-corrected chi connectivity index (χ3v) is 11.7. The van der Waals surface area contributed by atoms with Crippen LogP contribution in [0.1, 0.15) is 44.9 Å². The van der Waals surface area contributed by atoms with Crippen molar-refractivity contribution in [3.63, 3.8) is 0 Å². The Labute approximate surface area is 214 Å². The first-order chi connectivity index (χ1) is 17.2. The highest BCUT2D eigenvalue weighted by Gasteiger charge is 2.50. The van der Waals surface area contributed by atoms with E-state index in [4.69, 9.17) is 9.16 Å². The lowest BCUT2D eigenvalue weighted by Gasteiger charge is -2.44. The molecule has 4 rings (SSSR count). The second kappa shape index (κ2) is 10.3. The predicted molar refractivity (Wildman–Crippen MR) is 145 cm³/mol. The summed E-state index contributed by atoms with van der Waals surface area (Å²) in [4.78, 5) is 24.5. The fraction of sp³-hybridized carbons (Fsp3) is 0.310. The molecule has 1 atom stereocenters. The van der Waals surface area contributed by atoms with Crippen LogP contribution in [-0.4, -0.2) is 33.8 Å². The SMILES string of the molecule is COc1c(NC(C)=O)ccc2c1[C@H](CO[Si](c1ccccc1)(c1ccccc1)C(C)(C)C)NC(=O)C2. The fourth-order valence-electron chi connectivity index (χ4n) is 5.27. The maximum atomic E-state index is 12.7. The van der Waals surface area contributed by atoms with Crippen LogP contribution in [0.25, 0.3) is 0 Å². The molecule has 0 fully saturated rings. The number of hydrogen-bond acceptors (Lipinski definition) is 4. The molecule has 7 heteroatoms. The van der Waals surface area contributed by atoms with Crippen LogP contribution in [0.5, 0.6) is 5.75 Å². The molecular weight excluding hydrogens is 468 g/mol. The monoisotopic (exact) mass is 502 g/mol. The summed E-state index contributed by atoms with van der Waals surface area (Å²) in [5.41, 5.74) is 2.30. The molecular formula is C29H34N2O4Si. The van der Waals surface area contributed by atoms with Crippen LogP contribution in [0, 0.1) is 0 Å². The summed E-state index contributed by atoms with van der Waals surface area (Å²) in [6, 6.07) is 24.1. The van der Waals surface area contributed by atoms with E-state index in [-0.39, 0.29) is 29.9 Å². The first kappa shape index (κ1) is 25.7. The van der Waals surface area contributed by atoms with Crippen molar-refractivity contribution >= 4 is 36.2 Å². The summed E-state index contributed by atoms with van der Waals surface area (Å²) in [6.45, 7) is 8.41. The number of benzene rings is 3. The summed E-state index contributed by atoms with van der Waals surface area (Å²) >= 11 is 0. The molecule has 1 aliphatic heterocycles. The number of carbonyl (C=O) groups is 2. The van der Waals surface area contributed by atoms with Crippen LogP contribution in [-0.2, 0) is 20.4 Å². The van der Waals surface area contributed by atoms with Crippen molar-refractivity contribution in [1.82, 2.24) is 5.32 Å². The Hall–Kier alpha value is -3.42. The molecule has 6 nitrogen and oxygen atoms in total. The average Bonchev–Trinajstić information content (AvgIpc) is 2.84. The first-order valence-corrected chi connectivity index (χ1v) is 14.1. The van der Waals surface area contributed by atoms with E-state index < -0.39 is 14.4 Å². The topological polar surface area (TPSA) is 76.7 Å². The molecule has 0 saturated heterocycles. The van der Waals surface area contributed by atoms with Gasteiger partial charge in [0.2, 0.25) is 11.8 Å². The van der Waals surface area contributed by atoms with Gasteiger partial charge < -0.3 is 19.8 Å². The van der Waals surface area contributed by atoms with Crippen LogP contribution >= 0.6 is 0 Å². The van der Waals surface area contributed by atoms with Gasteiger partial charge in [-0.1, -0.05) is 87.5 Å². The van der Waals surface area contributed by atoms with Gasteiger partial charge in [-0.05, 0) is 27.0 Å². The number of amides is 2. The molecule has 0 saturated carbocycles. The maximum absolute atomic E-state index is 12.7. The first-order valence-electron chi connectivity index (χ1n) is 12.2. The quantitative estimate of drug-likeness (QED) is 0.480. The van der Waals surface area contributed by atoms with Crippen molar-refractivity contribution in [2.24, 2.45) is 0 Å². The second-order valence-corrected chi connectivity index (χ2v) is 14.5. The van der Waals surface area contributed by atoms with Crippen LogP contribution in [0.3, 0.4) is 0 Å². The summed E-state index contributed by atoms with van der Waals surface area (Å²) in [5.74, 6) is 0.305. The van der Waals surface area contributed by atoms with E-state index in [0.29, 0.717) is 11.4 Å². The summed E-state index contributed by atoms with van der Waals surface area (Å²) in [6.07, 6.45) is 0.252. The molecule has 2 N–H and O–H groups in total. The molecule has 3 aromatic rings. The van der Waals surface area contributed by atoms with Crippen LogP contribution in [0.2, 0.25) is 5.04 Å². The normalized spacial score (nSPS) is 15.6. The lowest BCUT2D eigenvalue weighted by molar-refractivity contribution is -0.122. The zero-order valence-corrected chi connectivity index (χ0v) is 22.6. The smallest absolute Gasteiger partial charge is 0.261 e. The van der Waals surface area contributed by atoms with Gasteiger partial charge in [0.25, 0.3) is 8.32 Å². The summed E-state index contributed by atoms with van der Waals surface area (Å²) < 4.78 is 12.9. The van der Waals surface area contributed by atoms with Crippen LogP contribution < -0.4 is 25.7 Å². The molecule has 0 spiro atoms. The predicted octanol–water partition coefficient (Wildman–Crippen LogP) is 3.94. The number of ether oxygens (including phenoxy) is 1. The Morgan fingerprint density at radius 1 is 1.00 bits per heavy atom. The minimum Gasteiger partial charge on any atom is -0.494 e. The Balaban J connectivity index is 1.82. The number of fused-ring (bicyclic) bond motifs is 1. The minimum atomic E-state index is -2.81. The standard InChI is InChI=1S/C29H34N2O4Si/c1-20(32)30-24-17-16-21-18-26(33)31-25(27(21)28(24)34-5)19-35-36(29(2,3)4,22-12-8-6-9-13-22)23-14-10-7-11-15-23/h6-17,25H,18-19H2,1-5H3,(H,30,32)(H,31,33)/t25-/m0/s1. The number of methoxy groups -OCH3 is 1. The molecule has 0 aliphatic carbocycles. The Morgan fingerprint density at radius 2 is 1.58 bits per heavy atom.